The second kappa shape index (κ2) is 7.80. The minimum absolute atomic E-state index is 0.299. The maximum absolute atomic E-state index is 12.0. The smallest absolute Gasteiger partial charge is 0.338 e. The van der Waals surface area contributed by atoms with Gasteiger partial charge in [-0.3, -0.25) is 0 Å². The molecule has 0 aliphatic carbocycles. The van der Waals surface area contributed by atoms with E-state index in [0.717, 1.165) is 36.4 Å². The van der Waals surface area contributed by atoms with Gasteiger partial charge in [-0.1, -0.05) is 0 Å². The Hall–Kier alpha value is -0.860. The van der Waals surface area contributed by atoms with Crippen molar-refractivity contribution in [2.45, 2.75) is 0 Å². The van der Waals surface area contributed by atoms with Crippen molar-refractivity contribution in [3.05, 3.63) is 27.3 Å². The lowest BCUT2D eigenvalue weighted by atomic mass is 10.2. The van der Waals surface area contributed by atoms with Crippen molar-refractivity contribution in [1.29, 1.82) is 0 Å². The van der Waals surface area contributed by atoms with E-state index in [-0.39, 0.29) is 5.97 Å². The third-order valence-corrected chi connectivity index (χ3v) is 4.17. The first kappa shape index (κ1) is 15.5. The van der Waals surface area contributed by atoms with E-state index in [4.69, 9.17) is 14.2 Å². The molecule has 0 amide bonds. The molecule has 1 aliphatic rings. The summed E-state index contributed by atoms with van der Waals surface area (Å²) in [5.74, 6) is 0.395. The fourth-order valence-corrected chi connectivity index (χ4v) is 2.62. The number of carbonyl (C=O) groups is 1. The molecule has 2 rings (SSSR count). The van der Waals surface area contributed by atoms with Gasteiger partial charge in [0, 0.05) is 0 Å². The summed E-state index contributed by atoms with van der Waals surface area (Å²) in [5, 5.41) is 0. The van der Waals surface area contributed by atoms with Gasteiger partial charge in [0.2, 0.25) is 0 Å². The van der Waals surface area contributed by atoms with E-state index >= 15 is 0 Å². The van der Waals surface area contributed by atoms with Crippen LogP contribution < -0.4 is 9.64 Å². The summed E-state index contributed by atoms with van der Waals surface area (Å²) in [6.45, 7) is 4.80. The summed E-state index contributed by atoms with van der Waals surface area (Å²) in [7, 11) is 1.59. The number of hydrogen-bond acceptors (Lipinski definition) is 4. The van der Waals surface area contributed by atoms with Gasteiger partial charge in [0.1, 0.15) is 32.0 Å². The number of hydrogen-bond donors (Lipinski definition) is 1. The molecule has 6 heteroatoms. The minimum atomic E-state index is -0.299. The lowest BCUT2D eigenvalue weighted by molar-refractivity contribution is -0.908. The molecule has 1 aliphatic heterocycles. The monoisotopic (exact) mass is 392 g/mol. The number of nitrogens with one attached hydrogen (secondary N) is 1. The third kappa shape index (κ3) is 4.32. The van der Waals surface area contributed by atoms with E-state index in [1.165, 1.54) is 4.90 Å². The van der Waals surface area contributed by atoms with Crippen LogP contribution in [0.1, 0.15) is 10.4 Å². The largest absolute Gasteiger partial charge is 0.496 e. The first-order chi connectivity index (χ1) is 9.70. The zero-order chi connectivity index (χ0) is 14.4. The molecule has 0 radical (unpaired) electrons. The normalized spacial score (nSPS) is 15.9. The van der Waals surface area contributed by atoms with E-state index in [9.17, 15) is 4.79 Å². The van der Waals surface area contributed by atoms with Gasteiger partial charge in [0.15, 0.2) is 0 Å². The van der Waals surface area contributed by atoms with E-state index in [2.05, 4.69) is 22.6 Å². The van der Waals surface area contributed by atoms with E-state index < -0.39 is 0 Å². The minimum Gasteiger partial charge on any atom is -0.496 e. The van der Waals surface area contributed by atoms with Crippen LogP contribution >= 0.6 is 22.6 Å². The Morgan fingerprint density at radius 1 is 1.40 bits per heavy atom. The van der Waals surface area contributed by atoms with Crippen LogP contribution in [0, 0.1) is 3.57 Å². The van der Waals surface area contributed by atoms with Crippen LogP contribution in [-0.4, -0.2) is 52.5 Å². The molecule has 1 fully saturated rings. The molecule has 110 valence electrons. The van der Waals surface area contributed by atoms with Crippen molar-refractivity contribution >= 4 is 28.6 Å². The second-order valence-electron chi connectivity index (χ2n) is 4.60. The highest BCUT2D eigenvalue weighted by Crippen LogP contribution is 2.22. The van der Waals surface area contributed by atoms with Crippen LogP contribution in [0.3, 0.4) is 0 Å². The Kier molecular flexibility index (Phi) is 6.06. The van der Waals surface area contributed by atoms with Crippen LogP contribution in [0.5, 0.6) is 5.75 Å². The molecule has 0 unspecified atom stereocenters. The van der Waals surface area contributed by atoms with Crippen molar-refractivity contribution < 1.29 is 23.9 Å². The Labute approximate surface area is 132 Å². The Morgan fingerprint density at radius 3 is 2.85 bits per heavy atom. The highest BCUT2D eigenvalue weighted by Gasteiger charge is 2.15. The molecular formula is C14H19INO4+. The van der Waals surface area contributed by atoms with Gasteiger partial charge in [-0.05, 0) is 40.8 Å². The Bertz CT molecular complexity index is 460. The lowest BCUT2D eigenvalue weighted by Crippen LogP contribution is -3.14. The first-order valence-electron chi connectivity index (χ1n) is 6.62. The average molecular weight is 392 g/mol. The summed E-state index contributed by atoms with van der Waals surface area (Å²) < 4.78 is 16.8. The topological polar surface area (TPSA) is 49.2 Å². The quantitative estimate of drug-likeness (QED) is 0.582. The predicted octanol–water partition coefficient (Wildman–Crippen LogP) is 0.372. The number of quaternary nitrogens is 1. The van der Waals surface area contributed by atoms with Crippen molar-refractivity contribution in [2.75, 3.05) is 46.6 Å². The summed E-state index contributed by atoms with van der Waals surface area (Å²) in [4.78, 5) is 13.4. The number of methoxy groups -OCH3 is 1. The van der Waals surface area contributed by atoms with Gasteiger partial charge >= 0.3 is 5.97 Å². The highest BCUT2D eigenvalue weighted by molar-refractivity contribution is 14.1. The molecule has 1 saturated heterocycles. The SMILES string of the molecule is COc1cc(C(=O)OCC[NH+]2CCOCC2)ccc1I. The van der Waals surface area contributed by atoms with Crippen molar-refractivity contribution in [3.8, 4) is 5.75 Å². The predicted molar refractivity (Wildman–Crippen MR) is 82.4 cm³/mol. The molecule has 1 N–H and O–H groups in total. The van der Waals surface area contributed by atoms with Crippen LogP contribution in [0.2, 0.25) is 0 Å². The lowest BCUT2D eigenvalue weighted by Gasteiger charge is -2.23. The van der Waals surface area contributed by atoms with Crippen LogP contribution in [0.15, 0.2) is 18.2 Å². The van der Waals surface area contributed by atoms with Crippen molar-refractivity contribution in [2.24, 2.45) is 0 Å². The summed E-state index contributed by atoms with van der Waals surface area (Å²) in [6, 6.07) is 5.32. The molecular weight excluding hydrogens is 373 g/mol. The Balaban J connectivity index is 1.82. The standard InChI is InChI=1S/C14H18INO4/c1-18-13-10-11(2-3-12(13)15)14(17)20-9-6-16-4-7-19-8-5-16/h2-3,10H,4-9H2,1H3/p+1. The number of morpholine rings is 1. The summed E-state index contributed by atoms with van der Waals surface area (Å²) in [6.07, 6.45) is 0. The van der Waals surface area contributed by atoms with Crippen LogP contribution in [0.25, 0.3) is 0 Å². The molecule has 1 heterocycles. The number of carbonyl (C=O) groups excluding carboxylic acids is 1. The number of halogens is 1. The molecule has 0 saturated carbocycles. The van der Waals surface area contributed by atoms with Gasteiger partial charge < -0.3 is 19.1 Å². The maximum Gasteiger partial charge on any atom is 0.338 e. The van der Waals surface area contributed by atoms with Crippen LogP contribution in [-0.2, 0) is 9.47 Å². The third-order valence-electron chi connectivity index (χ3n) is 3.28. The van der Waals surface area contributed by atoms with Gasteiger partial charge in [-0.2, -0.15) is 0 Å². The molecule has 20 heavy (non-hydrogen) atoms. The highest BCUT2D eigenvalue weighted by atomic mass is 127. The molecule has 0 bridgehead atoms. The summed E-state index contributed by atoms with van der Waals surface area (Å²) in [5.41, 5.74) is 0.527. The number of rotatable bonds is 5. The molecule has 5 nitrogen and oxygen atoms in total. The fraction of sp³-hybridized carbons (Fsp3) is 0.500. The van der Waals surface area contributed by atoms with E-state index in [1.807, 2.05) is 6.07 Å². The molecule has 0 aromatic heterocycles. The van der Waals surface area contributed by atoms with Crippen LogP contribution in [0.4, 0.5) is 0 Å². The maximum atomic E-state index is 12.0. The van der Waals surface area contributed by atoms with E-state index in [1.54, 1.807) is 19.2 Å². The average Bonchev–Trinajstić information content (AvgIpc) is 2.48. The molecule has 1 aromatic carbocycles. The number of esters is 1. The van der Waals surface area contributed by atoms with Crippen molar-refractivity contribution in [1.82, 2.24) is 0 Å². The van der Waals surface area contributed by atoms with Gasteiger partial charge in [0.05, 0.1) is 29.5 Å². The van der Waals surface area contributed by atoms with Gasteiger partial charge in [0.25, 0.3) is 0 Å². The number of benzene rings is 1. The number of ether oxygens (including phenoxy) is 3. The van der Waals surface area contributed by atoms with Crippen molar-refractivity contribution in [3.63, 3.8) is 0 Å². The zero-order valence-electron chi connectivity index (χ0n) is 11.5. The first-order valence-corrected chi connectivity index (χ1v) is 7.70. The zero-order valence-corrected chi connectivity index (χ0v) is 13.6. The Morgan fingerprint density at radius 2 is 2.15 bits per heavy atom. The van der Waals surface area contributed by atoms with E-state index in [0.29, 0.717) is 17.9 Å². The second-order valence-corrected chi connectivity index (χ2v) is 5.76. The van der Waals surface area contributed by atoms with Gasteiger partial charge in [-0.15, -0.1) is 0 Å². The van der Waals surface area contributed by atoms with Gasteiger partial charge in [-0.25, -0.2) is 4.79 Å². The molecule has 0 spiro atoms. The summed E-state index contributed by atoms with van der Waals surface area (Å²) >= 11 is 2.17. The molecule has 1 aromatic rings. The molecule has 0 atom stereocenters. The fourth-order valence-electron chi connectivity index (χ4n) is 2.07.